The molecule has 0 radical (unpaired) electrons. The molecule has 0 unspecified atom stereocenters. The number of hydrogen-bond donors (Lipinski definition) is 1. The van der Waals surface area contributed by atoms with Crippen molar-refractivity contribution in [2.24, 2.45) is 5.73 Å². The van der Waals surface area contributed by atoms with Gasteiger partial charge in [-0.05, 0) is 24.3 Å². The van der Waals surface area contributed by atoms with Gasteiger partial charge in [0.15, 0.2) is 0 Å². The van der Waals surface area contributed by atoms with Crippen LogP contribution in [0.15, 0.2) is 48.5 Å². The zero-order chi connectivity index (χ0) is 19.3. The minimum Gasteiger partial charge on any atom is -0.490 e. The molecule has 3 rings (SSSR count). The summed E-state index contributed by atoms with van der Waals surface area (Å²) in [5.41, 5.74) is 5.16. The molecular weight excluding hydrogens is 371 g/mol. The summed E-state index contributed by atoms with van der Waals surface area (Å²) >= 11 is 5.98. The SMILES string of the molecule is NC(=O)C[C@@]1(COc2cccc(Cl)c2)CN(Cc2ccccc2F)CCO1. The molecule has 1 aliphatic rings. The van der Waals surface area contributed by atoms with Crippen LogP contribution in [0.3, 0.4) is 0 Å². The number of nitrogens with zero attached hydrogens (tertiary/aromatic N) is 1. The molecule has 1 atom stereocenters. The molecule has 144 valence electrons. The average molecular weight is 393 g/mol. The quantitative estimate of drug-likeness (QED) is 0.786. The highest BCUT2D eigenvalue weighted by Gasteiger charge is 2.39. The Bertz CT molecular complexity index is 804. The van der Waals surface area contributed by atoms with Crippen molar-refractivity contribution in [1.82, 2.24) is 4.90 Å². The van der Waals surface area contributed by atoms with Gasteiger partial charge in [-0.2, -0.15) is 0 Å². The minimum absolute atomic E-state index is 0.0152. The molecule has 2 aromatic carbocycles. The number of nitrogens with two attached hydrogens (primary N) is 1. The average Bonchev–Trinajstić information content (AvgIpc) is 2.62. The molecule has 0 aliphatic carbocycles. The van der Waals surface area contributed by atoms with E-state index in [1.54, 1.807) is 42.5 Å². The third-order valence-electron chi connectivity index (χ3n) is 4.47. The molecule has 2 aromatic rings. The lowest BCUT2D eigenvalue weighted by Gasteiger charge is -2.42. The number of halogens is 2. The van der Waals surface area contributed by atoms with Crippen molar-refractivity contribution in [2.75, 3.05) is 26.3 Å². The van der Waals surface area contributed by atoms with Crippen molar-refractivity contribution in [3.8, 4) is 5.75 Å². The van der Waals surface area contributed by atoms with Gasteiger partial charge in [0, 0.05) is 30.2 Å². The Morgan fingerprint density at radius 1 is 1.30 bits per heavy atom. The van der Waals surface area contributed by atoms with Gasteiger partial charge in [-0.3, -0.25) is 9.69 Å². The second-order valence-corrected chi connectivity index (χ2v) is 7.16. The summed E-state index contributed by atoms with van der Waals surface area (Å²) in [6.45, 7) is 2.01. The molecule has 7 heteroatoms. The van der Waals surface area contributed by atoms with Crippen LogP contribution in [0.2, 0.25) is 5.02 Å². The number of carbonyl (C=O) groups is 1. The highest BCUT2D eigenvalue weighted by atomic mass is 35.5. The van der Waals surface area contributed by atoms with Gasteiger partial charge < -0.3 is 15.2 Å². The predicted octanol–water partition coefficient (Wildman–Crippen LogP) is 3.00. The molecule has 0 bridgehead atoms. The van der Waals surface area contributed by atoms with E-state index in [0.717, 1.165) is 0 Å². The summed E-state index contributed by atoms with van der Waals surface area (Å²) in [5, 5.41) is 0.558. The number of primary amides is 1. The van der Waals surface area contributed by atoms with Crippen molar-refractivity contribution in [2.45, 2.75) is 18.6 Å². The van der Waals surface area contributed by atoms with Crippen LogP contribution in [0.25, 0.3) is 0 Å². The number of rotatable bonds is 7. The number of benzene rings is 2. The van der Waals surface area contributed by atoms with E-state index in [0.29, 0.717) is 42.6 Å². The van der Waals surface area contributed by atoms with Gasteiger partial charge in [0.25, 0.3) is 0 Å². The van der Waals surface area contributed by atoms with Gasteiger partial charge in [0.05, 0.1) is 13.0 Å². The van der Waals surface area contributed by atoms with Crippen LogP contribution in [-0.2, 0) is 16.1 Å². The van der Waals surface area contributed by atoms with Crippen LogP contribution >= 0.6 is 11.6 Å². The molecule has 0 saturated carbocycles. The van der Waals surface area contributed by atoms with Crippen LogP contribution in [-0.4, -0.2) is 42.7 Å². The van der Waals surface area contributed by atoms with Gasteiger partial charge >= 0.3 is 0 Å². The number of amides is 1. The molecule has 0 spiro atoms. The van der Waals surface area contributed by atoms with E-state index in [1.807, 2.05) is 4.90 Å². The zero-order valence-electron chi connectivity index (χ0n) is 14.9. The van der Waals surface area contributed by atoms with E-state index < -0.39 is 11.5 Å². The van der Waals surface area contributed by atoms with Crippen molar-refractivity contribution in [3.63, 3.8) is 0 Å². The standard InChI is InChI=1S/C20H22ClFN2O3/c21-16-5-3-6-17(10-16)26-14-20(11-19(23)25)13-24(8-9-27-20)12-15-4-1-2-7-18(15)22/h1-7,10H,8-9,11-14H2,(H2,23,25)/t20-/m0/s1. The molecule has 1 heterocycles. The molecule has 5 nitrogen and oxygen atoms in total. The summed E-state index contributed by atoms with van der Waals surface area (Å²) in [6, 6.07) is 13.7. The normalized spacial score (nSPS) is 20.4. The minimum atomic E-state index is -0.891. The van der Waals surface area contributed by atoms with Crippen LogP contribution in [0, 0.1) is 5.82 Å². The Morgan fingerprint density at radius 3 is 2.85 bits per heavy atom. The van der Waals surface area contributed by atoms with Gasteiger partial charge in [-0.25, -0.2) is 4.39 Å². The second-order valence-electron chi connectivity index (χ2n) is 6.72. The maximum Gasteiger partial charge on any atom is 0.220 e. The lowest BCUT2D eigenvalue weighted by Crippen LogP contribution is -2.56. The first-order chi connectivity index (χ1) is 13.0. The van der Waals surface area contributed by atoms with Gasteiger partial charge in [-0.15, -0.1) is 0 Å². The van der Waals surface area contributed by atoms with Gasteiger partial charge in [-0.1, -0.05) is 35.9 Å². The molecule has 2 N–H and O–H groups in total. The van der Waals surface area contributed by atoms with E-state index in [1.165, 1.54) is 6.07 Å². The van der Waals surface area contributed by atoms with E-state index in [9.17, 15) is 9.18 Å². The Labute approximate surface area is 162 Å². The zero-order valence-corrected chi connectivity index (χ0v) is 15.6. The molecule has 1 aliphatic heterocycles. The lowest BCUT2D eigenvalue weighted by atomic mass is 9.97. The maximum atomic E-state index is 14.0. The van der Waals surface area contributed by atoms with Crippen LogP contribution in [0.1, 0.15) is 12.0 Å². The Hall–Kier alpha value is -2.15. The number of hydrogen-bond acceptors (Lipinski definition) is 4. The third-order valence-corrected chi connectivity index (χ3v) is 4.71. The van der Waals surface area contributed by atoms with Crippen molar-refractivity contribution < 1.29 is 18.7 Å². The van der Waals surface area contributed by atoms with Crippen molar-refractivity contribution in [3.05, 3.63) is 64.9 Å². The molecular formula is C20H22ClFN2O3. The van der Waals surface area contributed by atoms with E-state index in [2.05, 4.69) is 0 Å². The summed E-state index contributed by atoms with van der Waals surface area (Å²) in [4.78, 5) is 13.7. The predicted molar refractivity (Wildman–Crippen MR) is 101 cm³/mol. The number of carbonyl (C=O) groups excluding carboxylic acids is 1. The van der Waals surface area contributed by atoms with Gasteiger partial charge in [0.2, 0.25) is 5.91 Å². The van der Waals surface area contributed by atoms with Crippen LogP contribution in [0.4, 0.5) is 4.39 Å². The fourth-order valence-electron chi connectivity index (χ4n) is 3.26. The lowest BCUT2D eigenvalue weighted by molar-refractivity contribution is -0.148. The van der Waals surface area contributed by atoms with E-state index in [4.69, 9.17) is 26.8 Å². The van der Waals surface area contributed by atoms with E-state index in [-0.39, 0.29) is 18.8 Å². The molecule has 0 aromatic heterocycles. The summed E-state index contributed by atoms with van der Waals surface area (Å²) in [6.07, 6.45) is 0.0152. The maximum absolute atomic E-state index is 14.0. The number of morpholine rings is 1. The first-order valence-electron chi connectivity index (χ1n) is 8.72. The van der Waals surface area contributed by atoms with Crippen molar-refractivity contribution >= 4 is 17.5 Å². The monoisotopic (exact) mass is 392 g/mol. The largest absolute Gasteiger partial charge is 0.490 e. The van der Waals surface area contributed by atoms with E-state index >= 15 is 0 Å². The first-order valence-corrected chi connectivity index (χ1v) is 9.10. The third kappa shape index (κ3) is 5.42. The molecule has 1 fully saturated rings. The highest BCUT2D eigenvalue weighted by molar-refractivity contribution is 6.30. The summed E-state index contributed by atoms with van der Waals surface area (Å²) in [7, 11) is 0. The fraction of sp³-hybridized carbons (Fsp3) is 0.350. The Kier molecular flexibility index (Phi) is 6.31. The summed E-state index contributed by atoms with van der Waals surface area (Å²) in [5.74, 6) is -0.140. The Balaban J connectivity index is 1.72. The highest BCUT2D eigenvalue weighted by Crippen LogP contribution is 2.26. The molecule has 1 saturated heterocycles. The topological polar surface area (TPSA) is 64.8 Å². The molecule has 1 amide bonds. The number of ether oxygens (including phenoxy) is 2. The van der Waals surface area contributed by atoms with Gasteiger partial charge in [0.1, 0.15) is 23.8 Å². The Morgan fingerprint density at radius 2 is 2.11 bits per heavy atom. The molecule has 27 heavy (non-hydrogen) atoms. The second kappa shape index (κ2) is 8.69. The first kappa shape index (κ1) is 19.6. The smallest absolute Gasteiger partial charge is 0.220 e. The van der Waals surface area contributed by atoms with Crippen LogP contribution < -0.4 is 10.5 Å². The van der Waals surface area contributed by atoms with Crippen molar-refractivity contribution in [1.29, 1.82) is 0 Å². The fourth-order valence-corrected chi connectivity index (χ4v) is 3.44. The van der Waals surface area contributed by atoms with Crippen LogP contribution in [0.5, 0.6) is 5.75 Å². The summed E-state index contributed by atoms with van der Waals surface area (Å²) < 4.78 is 25.8.